The van der Waals surface area contributed by atoms with E-state index >= 15 is 0 Å². The summed E-state index contributed by atoms with van der Waals surface area (Å²) in [7, 11) is 0. The Morgan fingerprint density at radius 3 is 2.67 bits per heavy atom. The predicted molar refractivity (Wildman–Crippen MR) is 92.0 cm³/mol. The van der Waals surface area contributed by atoms with Gasteiger partial charge in [-0.25, -0.2) is 0 Å². The third kappa shape index (κ3) is 4.30. The first-order valence-corrected chi connectivity index (χ1v) is 8.90. The highest BCUT2D eigenvalue weighted by Crippen LogP contribution is 2.30. The highest BCUT2D eigenvalue weighted by Gasteiger charge is 2.21. The van der Waals surface area contributed by atoms with Crippen molar-refractivity contribution in [2.24, 2.45) is 0 Å². The molecule has 0 heterocycles. The van der Waals surface area contributed by atoms with Gasteiger partial charge in [-0.05, 0) is 57.1 Å². The molecule has 1 fully saturated rings. The number of carbonyl (C=O) groups is 1. The topological polar surface area (TPSA) is 67.2 Å². The van der Waals surface area contributed by atoms with Crippen molar-refractivity contribution in [1.29, 1.82) is 0 Å². The van der Waals surface area contributed by atoms with E-state index in [1.165, 1.54) is 12.8 Å². The van der Waals surface area contributed by atoms with E-state index in [0.717, 1.165) is 23.8 Å². The van der Waals surface area contributed by atoms with Gasteiger partial charge in [0, 0.05) is 23.4 Å². The molecular weight excluding hydrogens is 282 g/mol. The Hall–Kier alpha value is -1.36. The fraction of sp³-hybridized carbons (Fsp3) is 0.562. The van der Waals surface area contributed by atoms with E-state index in [2.05, 4.69) is 16.9 Å². The smallest absolute Gasteiger partial charge is 0.251 e. The molecule has 4 nitrogen and oxygen atoms in total. The van der Waals surface area contributed by atoms with Gasteiger partial charge in [0.25, 0.3) is 5.91 Å². The number of nitrogens with two attached hydrogens (primary N) is 1. The van der Waals surface area contributed by atoms with E-state index in [1.54, 1.807) is 12.1 Å². The summed E-state index contributed by atoms with van der Waals surface area (Å²) in [5.41, 5.74) is 8.28. The van der Waals surface area contributed by atoms with Crippen LogP contribution in [0.3, 0.4) is 0 Å². The molecule has 0 spiro atoms. The molecule has 0 bridgehead atoms. The van der Waals surface area contributed by atoms with Crippen molar-refractivity contribution in [2.75, 3.05) is 23.9 Å². The number of nitrogen functional groups attached to an aromatic ring is 1. The van der Waals surface area contributed by atoms with Gasteiger partial charge < -0.3 is 16.4 Å². The van der Waals surface area contributed by atoms with Crippen molar-refractivity contribution in [3.8, 4) is 0 Å². The first-order valence-electron chi connectivity index (χ1n) is 7.61. The van der Waals surface area contributed by atoms with Crippen LogP contribution < -0.4 is 16.4 Å². The molecule has 5 heteroatoms. The van der Waals surface area contributed by atoms with E-state index < -0.39 is 0 Å². The zero-order valence-electron chi connectivity index (χ0n) is 12.8. The van der Waals surface area contributed by atoms with Crippen LogP contribution in [0.5, 0.6) is 0 Å². The molecule has 0 radical (unpaired) electrons. The molecule has 1 saturated carbocycles. The number of amides is 1. The second-order valence-electron chi connectivity index (χ2n) is 5.52. The van der Waals surface area contributed by atoms with E-state index in [9.17, 15) is 4.79 Å². The van der Waals surface area contributed by atoms with Gasteiger partial charge in [0.1, 0.15) is 0 Å². The normalized spacial score (nSPS) is 21.8. The SMILES string of the molecule is CCNC(=O)c1ccc(N)c(NC2CCC(SC)CC2)c1. The van der Waals surface area contributed by atoms with Crippen LogP contribution >= 0.6 is 11.8 Å². The fourth-order valence-corrected chi connectivity index (χ4v) is 3.49. The predicted octanol–water partition coefficient (Wildman–Crippen LogP) is 3.10. The van der Waals surface area contributed by atoms with Crippen molar-refractivity contribution in [3.05, 3.63) is 23.8 Å². The van der Waals surface area contributed by atoms with Crippen LogP contribution in [-0.4, -0.2) is 30.0 Å². The number of hydrogen-bond acceptors (Lipinski definition) is 4. The Bertz CT molecular complexity index is 484. The van der Waals surface area contributed by atoms with Gasteiger partial charge in [0.15, 0.2) is 0 Å². The molecular formula is C16H25N3OS. The monoisotopic (exact) mass is 307 g/mol. The van der Waals surface area contributed by atoms with Crippen LogP contribution in [0, 0.1) is 0 Å². The average Bonchev–Trinajstić information content (AvgIpc) is 2.50. The van der Waals surface area contributed by atoms with Gasteiger partial charge in [0.2, 0.25) is 0 Å². The minimum Gasteiger partial charge on any atom is -0.397 e. The molecule has 0 saturated heterocycles. The molecule has 2 rings (SSSR count). The second-order valence-corrected chi connectivity index (χ2v) is 6.65. The van der Waals surface area contributed by atoms with Gasteiger partial charge >= 0.3 is 0 Å². The summed E-state index contributed by atoms with van der Waals surface area (Å²) in [5.74, 6) is -0.0494. The molecule has 1 aliphatic carbocycles. The summed E-state index contributed by atoms with van der Waals surface area (Å²) in [4.78, 5) is 11.9. The lowest BCUT2D eigenvalue weighted by atomic mass is 9.94. The number of nitrogens with one attached hydrogen (secondary N) is 2. The highest BCUT2D eigenvalue weighted by molar-refractivity contribution is 7.99. The first-order chi connectivity index (χ1) is 10.1. The summed E-state index contributed by atoms with van der Waals surface area (Å²) in [6, 6.07) is 5.90. The summed E-state index contributed by atoms with van der Waals surface area (Å²) in [5, 5.41) is 7.13. The summed E-state index contributed by atoms with van der Waals surface area (Å²) in [6.45, 7) is 2.54. The number of hydrogen-bond donors (Lipinski definition) is 3. The van der Waals surface area contributed by atoms with Crippen LogP contribution in [0.1, 0.15) is 43.0 Å². The van der Waals surface area contributed by atoms with E-state index in [1.807, 2.05) is 24.8 Å². The van der Waals surface area contributed by atoms with Gasteiger partial charge in [-0.2, -0.15) is 11.8 Å². The molecule has 1 aromatic carbocycles. The molecule has 21 heavy (non-hydrogen) atoms. The van der Waals surface area contributed by atoms with Crippen LogP contribution in [0.4, 0.5) is 11.4 Å². The van der Waals surface area contributed by atoms with Crippen LogP contribution in [0.15, 0.2) is 18.2 Å². The third-order valence-corrected chi connectivity index (χ3v) is 5.16. The lowest BCUT2D eigenvalue weighted by molar-refractivity contribution is 0.0956. The molecule has 116 valence electrons. The molecule has 0 atom stereocenters. The summed E-state index contributed by atoms with van der Waals surface area (Å²) >= 11 is 1.96. The van der Waals surface area contributed by atoms with Gasteiger partial charge in [-0.15, -0.1) is 0 Å². The summed E-state index contributed by atoms with van der Waals surface area (Å²) < 4.78 is 0. The lowest BCUT2D eigenvalue weighted by Gasteiger charge is -2.29. The zero-order valence-corrected chi connectivity index (χ0v) is 13.6. The zero-order chi connectivity index (χ0) is 15.2. The number of thioether (sulfide) groups is 1. The van der Waals surface area contributed by atoms with Crippen LogP contribution in [0.2, 0.25) is 0 Å². The minimum absolute atomic E-state index is 0.0494. The Kier molecular flexibility index (Phi) is 5.79. The highest BCUT2D eigenvalue weighted by atomic mass is 32.2. The van der Waals surface area contributed by atoms with Crippen molar-refractivity contribution < 1.29 is 4.79 Å². The number of carbonyl (C=O) groups excluding carboxylic acids is 1. The Balaban J connectivity index is 2.02. The second kappa shape index (κ2) is 7.59. The van der Waals surface area contributed by atoms with Gasteiger partial charge in [0.05, 0.1) is 11.4 Å². The minimum atomic E-state index is -0.0494. The fourth-order valence-electron chi connectivity index (χ4n) is 2.75. The quantitative estimate of drug-likeness (QED) is 0.731. The maximum atomic E-state index is 11.9. The number of rotatable bonds is 5. The van der Waals surface area contributed by atoms with Crippen LogP contribution in [0.25, 0.3) is 0 Å². The molecule has 1 amide bonds. The van der Waals surface area contributed by atoms with Crippen molar-refractivity contribution >= 4 is 29.0 Å². The third-order valence-electron chi connectivity index (χ3n) is 4.02. The maximum absolute atomic E-state index is 11.9. The largest absolute Gasteiger partial charge is 0.397 e. The van der Waals surface area contributed by atoms with Gasteiger partial charge in [-0.1, -0.05) is 0 Å². The molecule has 1 aromatic rings. The Morgan fingerprint density at radius 1 is 1.33 bits per heavy atom. The Labute approximate surface area is 131 Å². The van der Waals surface area contributed by atoms with E-state index in [4.69, 9.17) is 5.73 Å². The van der Waals surface area contributed by atoms with Gasteiger partial charge in [-0.3, -0.25) is 4.79 Å². The lowest BCUT2D eigenvalue weighted by Crippen LogP contribution is -2.28. The maximum Gasteiger partial charge on any atom is 0.251 e. The van der Waals surface area contributed by atoms with Crippen molar-refractivity contribution in [3.63, 3.8) is 0 Å². The molecule has 0 aliphatic heterocycles. The van der Waals surface area contributed by atoms with E-state index in [-0.39, 0.29) is 5.91 Å². The number of anilines is 2. The van der Waals surface area contributed by atoms with Crippen molar-refractivity contribution in [2.45, 2.75) is 43.9 Å². The first kappa shape index (κ1) is 16.0. The standard InChI is InChI=1S/C16H25N3OS/c1-3-18-16(20)11-4-9-14(17)15(10-11)19-12-5-7-13(21-2)8-6-12/h4,9-10,12-13,19H,3,5-8,17H2,1-2H3,(H,18,20). The van der Waals surface area contributed by atoms with Crippen LogP contribution in [-0.2, 0) is 0 Å². The molecule has 0 aromatic heterocycles. The van der Waals surface area contributed by atoms with Crippen molar-refractivity contribution in [1.82, 2.24) is 5.32 Å². The number of benzene rings is 1. The molecule has 0 unspecified atom stereocenters. The Morgan fingerprint density at radius 2 is 2.05 bits per heavy atom. The summed E-state index contributed by atoms with van der Waals surface area (Å²) in [6.07, 6.45) is 7.00. The molecule has 1 aliphatic rings. The molecule has 4 N–H and O–H groups in total. The van der Waals surface area contributed by atoms with E-state index in [0.29, 0.717) is 23.8 Å². The average molecular weight is 307 g/mol.